The van der Waals surface area contributed by atoms with Crippen molar-refractivity contribution in [2.75, 3.05) is 8.61 Å². The molecule has 0 saturated heterocycles. The third-order valence-electron chi connectivity index (χ3n) is 5.32. The van der Waals surface area contributed by atoms with Crippen LogP contribution in [0.3, 0.4) is 0 Å². The van der Waals surface area contributed by atoms with E-state index in [1.807, 2.05) is 24.3 Å². The van der Waals surface area contributed by atoms with Gasteiger partial charge in [-0.25, -0.2) is 0 Å². The average Bonchev–Trinajstić information content (AvgIpc) is 2.81. The van der Waals surface area contributed by atoms with Crippen LogP contribution in [0.1, 0.15) is 75.6 Å². The van der Waals surface area contributed by atoms with E-state index in [1.54, 1.807) is 8.61 Å². The molecule has 35 heavy (non-hydrogen) atoms. The first-order chi connectivity index (χ1) is 16.2. The first-order valence-corrected chi connectivity index (χ1v) is 14.3. The molecular weight excluding hydrogens is 598 g/mol. The summed E-state index contributed by atoms with van der Waals surface area (Å²) in [6.07, 6.45) is 8.75. The standard InChI is InChI=1S/2C13H18NS3.Zn/c2*1-3-6-10-8-5-9-12(11(10)7-4-2)14(17)13(15)16;/h2*5,8-9H,3-4,6-7H2,1-2H3,(H,15,16);/q2*-1;+2. The van der Waals surface area contributed by atoms with Gasteiger partial charge in [0, 0.05) is 11.4 Å². The van der Waals surface area contributed by atoms with E-state index in [-0.39, 0.29) is 19.5 Å². The number of rotatable bonds is 10. The van der Waals surface area contributed by atoms with E-state index in [4.69, 9.17) is 50.1 Å². The number of hydrogen-bond acceptors (Lipinski definition) is 4. The molecule has 0 atom stereocenters. The maximum atomic E-state index is 5.29. The Hall–Kier alpha value is 0.243. The molecular formula is C26H36N2S6Zn. The van der Waals surface area contributed by atoms with Gasteiger partial charge in [0.2, 0.25) is 0 Å². The van der Waals surface area contributed by atoms with Gasteiger partial charge in [-0.15, -0.1) is 25.3 Å². The molecule has 0 aliphatic carbocycles. The van der Waals surface area contributed by atoms with Gasteiger partial charge in [0.1, 0.15) is 8.64 Å². The fraction of sp³-hybridized carbons (Fsp3) is 0.462. The van der Waals surface area contributed by atoms with Crippen LogP contribution < -0.4 is 8.61 Å². The third kappa shape index (κ3) is 11.3. The molecule has 2 nitrogen and oxygen atoms in total. The molecule has 2 aromatic rings. The van der Waals surface area contributed by atoms with Gasteiger partial charge < -0.3 is 34.2 Å². The Labute approximate surface area is 259 Å². The van der Waals surface area contributed by atoms with E-state index in [9.17, 15) is 0 Å². The van der Waals surface area contributed by atoms with Crippen LogP contribution in [-0.2, 0) is 70.8 Å². The number of nitrogens with zero attached hydrogens (tertiary/aromatic N) is 2. The number of aryl methyl sites for hydroxylation is 2. The number of hydrogen-bond donors (Lipinski definition) is 2. The predicted molar refractivity (Wildman–Crippen MR) is 172 cm³/mol. The van der Waals surface area contributed by atoms with Gasteiger partial charge in [0.25, 0.3) is 0 Å². The van der Waals surface area contributed by atoms with Gasteiger partial charge in [-0.2, -0.15) is 0 Å². The van der Waals surface area contributed by atoms with Crippen LogP contribution in [0.25, 0.3) is 0 Å². The average molecular weight is 634 g/mol. The van der Waals surface area contributed by atoms with Crippen LogP contribution in [0, 0.1) is 0 Å². The Morgan fingerprint density at radius 2 is 0.971 bits per heavy atom. The molecule has 0 bridgehead atoms. The Kier molecular flexibility index (Phi) is 19.5. The monoisotopic (exact) mass is 632 g/mol. The summed E-state index contributed by atoms with van der Waals surface area (Å²) in [5.41, 5.74) is 7.45. The molecule has 9 heteroatoms. The van der Waals surface area contributed by atoms with Crippen LogP contribution in [0.2, 0.25) is 0 Å². The summed E-state index contributed by atoms with van der Waals surface area (Å²) in [6, 6.07) is 12.5. The third-order valence-corrected chi connectivity index (χ3v) is 7.35. The maximum absolute atomic E-state index is 5.29. The Bertz CT molecular complexity index is 863. The van der Waals surface area contributed by atoms with E-state index in [0.29, 0.717) is 8.64 Å². The molecule has 0 spiro atoms. The summed E-state index contributed by atoms with van der Waals surface area (Å²) in [5, 5.41) is 0. The van der Waals surface area contributed by atoms with Crippen molar-refractivity contribution in [3.05, 3.63) is 58.7 Å². The summed E-state index contributed by atoms with van der Waals surface area (Å²) in [7, 11) is 0. The molecule has 0 N–H and O–H groups in total. The molecule has 0 unspecified atom stereocenters. The van der Waals surface area contributed by atoms with Crippen molar-refractivity contribution in [2.24, 2.45) is 0 Å². The van der Waals surface area contributed by atoms with Gasteiger partial charge in [0.15, 0.2) is 0 Å². The first-order valence-electron chi connectivity index (χ1n) is 11.8. The van der Waals surface area contributed by atoms with E-state index < -0.39 is 0 Å². The molecule has 0 aliphatic heterocycles. The summed E-state index contributed by atoms with van der Waals surface area (Å²) in [4.78, 5) is 0. The topological polar surface area (TPSA) is 6.48 Å². The van der Waals surface area contributed by atoms with Crippen LogP contribution >= 0.6 is 49.7 Å². The van der Waals surface area contributed by atoms with Crippen LogP contribution in [-0.4, -0.2) is 8.64 Å². The van der Waals surface area contributed by atoms with Crippen LogP contribution in [0.5, 0.6) is 0 Å². The largest absolute Gasteiger partial charge is 2.00 e. The molecule has 0 radical (unpaired) electrons. The van der Waals surface area contributed by atoms with Gasteiger partial charge >= 0.3 is 19.5 Å². The van der Waals surface area contributed by atoms with Crippen molar-refractivity contribution >= 4 is 95.3 Å². The minimum absolute atomic E-state index is 0. The number of benzene rings is 2. The second-order valence-corrected chi connectivity index (χ2v) is 10.9. The van der Waals surface area contributed by atoms with Crippen molar-refractivity contribution < 1.29 is 19.5 Å². The van der Waals surface area contributed by atoms with Gasteiger partial charge in [-0.1, -0.05) is 102 Å². The Morgan fingerprint density at radius 1 is 0.657 bits per heavy atom. The zero-order valence-corrected chi connectivity index (χ0v) is 29.3. The van der Waals surface area contributed by atoms with Crippen molar-refractivity contribution in [3.63, 3.8) is 0 Å². The smallest absolute Gasteiger partial charge is 0.659 e. The Balaban J connectivity index is 0.000000642. The first kappa shape index (κ1) is 35.2. The minimum Gasteiger partial charge on any atom is -0.659 e. The molecule has 0 saturated carbocycles. The van der Waals surface area contributed by atoms with Gasteiger partial charge in [-0.05, 0) is 60.1 Å². The number of anilines is 2. The van der Waals surface area contributed by atoms with E-state index >= 15 is 0 Å². The second-order valence-electron chi connectivity index (χ2n) is 7.98. The zero-order chi connectivity index (χ0) is 25.7. The van der Waals surface area contributed by atoms with Crippen molar-refractivity contribution in [1.29, 1.82) is 0 Å². The summed E-state index contributed by atoms with van der Waals surface area (Å²) >= 11 is 29.0. The molecule has 188 valence electrons. The molecule has 0 heterocycles. The van der Waals surface area contributed by atoms with Gasteiger partial charge in [-0.3, -0.25) is 0 Å². The van der Waals surface area contributed by atoms with E-state index in [2.05, 4.69) is 65.1 Å². The molecule has 0 fully saturated rings. The fourth-order valence-electron chi connectivity index (χ4n) is 3.91. The molecule has 2 aromatic carbocycles. The Morgan fingerprint density at radius 3 is 1.23 bits per heavy atom. The number of thiol groups is 2. The van der Waals surface area contributed by atoms with Crippen LogP contribution in [0.4, 0.5) is 11.4 Å². The van der Waals surface area contributed by atoms with Crippen LogP contribution in [0.15, 0.2) is 36.4 Å². The normalized spacial score (nSPS) is 10.1. The fourth-order valence-corrected chi connectivity index (χ4v) is 4.67. The SMILES string of the molecule is CCCc1cccc(N([S-])C(=S)S)c1CCC.CCCc1cccc(N([S-])C(=S)S)c1CCC.[Zn+2]. The second kappa shape index (κ2) is 19.3. The van der Waals surface area contributed by atoms with Crippen molar-refractivity contribution in [1.82, 2.24) is 0 Å². The van der Waals surface area contributed by atoms with E-state index in [0.717, 1.165) is 62.7 Å². The van der Waals surface area contributed by atoms with Gasteiger partial charge in [0.05, 0.1) is 0 Å². The van der Waals surface area contributed by atoms with Crippen molar-refractivity contribution in [3.8, 4) is 0 Å². The molecule has 0 aromatic heterocycles. The molecule has 0 amide bonds. The minimum atomic E-state index is 0. The zero-order valence-electron chi connectivity index (χ0n) is 21.2. The maximum Gasteiger partial charge on any atom is 2.00 e. The number of thiocarbonyl (C=S) groups is 2. The summed E-state index contributed by atoms with van der Waals surface area (Å²) in [5.74, 6) is 0. The summed E-state index contributed by atoms with van der Waals surface area (Å²) < 4.78 is 4.02. The molecule has 0 aliphatic rings. The quantitative estimate of drug-likeness (QED) is 0.117. The summed E-state index contributed by atoms with van der Waals surface area (Å²) in [6.45, 7) is 8.74. The van der Waals surface area contributed by atoms with Crippen molar-refractivity contribution in [2.45, 2.75) is 79.1 Å². The predicted octanol–water partition coefficient (Wildman–Crippen LogP) is 8.15. The molecule has 2 rings (SSSR count). The van der Waals surface area contributed by atoms with E-state index in [1.165, 1.54) is 22.3 Å².